The van der Waals surface area contributed by atoms with Crippen LogP contribution in [-0.4, -0.2) is 47.8 Å². The van der Waals surface area contributed by atoms with Crippen LogP contribution in [0, 0.1) is 0 Å². The number of ether oxygens (including phenoxy) is 1. The molecule has 0 aliphatic heterocycles. The maximum atomic E-state index is 11.2. The second-order valence-corrected chi connectivity index (χ2v) is 3.37. The zero-order valence-corrected chi connectivity index (χ0v) is 8.81. The number of nitrogens with one attached hydrogen (secondary N) is 1. The van der Waals surface area contributed by atoms with Gasteiger partial charge in [0.05, 0.1) is 7.11 Å². The Morgan fingerprint density at radius 1 is 1.53 bits per heavy atom. The molecule has 2 amide bonds. The Labute approximate surface area is 86.9 Å². The molecule has 0 aliphatic rings. The first-order valence-corrected chi connectivity index (χ1v) is 4.13. The van der Waals surface area contributed by atoms with Gasteiger partial charge in [-0.1, -0.05) is 0 Å². The zero-order chi connectivity index (χ0) is 12.1. The molecule has 7 heteroatoms. The fourth-order valence-corrected chi connectivity index (χ4v) is 0.879. The maximum Gasteiger partial charge on any atom is 0.330 e. The number of carbonyl (C=O) groups excluding carboxylic acids is 3. The van der Waals surface area contributed by atoms with Gasteiger partial charge in [-0.15, -0.1) is 0 Å². The van der Waals surface area contributed by atoms with Crippen molar-refractivity contribution in [3.8, 4) is 0 Å². The first-order chi connectivity index (χ1) is 6.83. The third-order valence-corrected chi connectivity index (χ3v) is 1.57. The van der Waals surface area contributed by atoms with E-state index in [2.05, 4.69) is 10.1 Å². The van der Waals surface area contributed by atoms with Gasteiger partial charge in [0, 0.05) is 0 Å². The Balaban J connectivity index is 4.27. The minimum Gasteiger partial charge on any atom is -0.467 e. The molecule has 2 N–H and O–H groups in total. The van der Waals surface area contributed by atoms with Crippen molar-refractivity contribution in [3.05, 3.63) is 0 Å². The van der Waals surface area contributed by atoms with Crippen molar-refractivity contribution < 1.29 is 24.3 Å². The van der Waals surface area contributed by atoms with Crippen molar-refractivity contribution in [3.63, 3.8) is 0 Å². The van der Waals surface area contributed by atoms with Crippen LogP contribution in [0.4, 0.5) is 0 Å². The molecule has 0 bridgehead atoms. The van der Waals surface area contributed by atoms with Gasteiger partial charge in [-0.3, -0.25) is 14.8 Å². The topological polar surface area (TPSA) is 95.9 Å². The average molecular weight is 218 g/mol. The molecule has 0 aromatic carbocycles. The number of carbonyl (C=O) groups is 3. The van der Waals surface area contributed by atoms with Crippen LogP contribution in [0.3, 0.4) is 0 Å². The quantitative estimate of drug-likeness (QED) is 0.264. The van der Waals surface area contributed by atoms with Gasteiger partial charge in [0.15, 0.2) is 0 Å². The predicted octanol–water partition coefficient (Wildman–Crippen LogP) is -1.10. The normalized spacial score (nSPS) is 10.4. The fraction of sp³-hybridized carbons (Fsp3) is 0.625. The van der Waals surface area contributed by atoms with Gasteiger partial charge in [-0.25, -0.2) is 9.86 Å². The summed E-state index contributed by atoms with van der Waals surface area (Å²) in [5.41, 5.74) is -1.20. The SMILES string of the molecule is COC(=O)C(C)(C)NC(=O)CN(O)C=O. The number of hydrogen-bond acceptors (Lipinski definition) is 5. The van der Waals surface area contributed by atoms with Gasteiger partial charge in [-0.2, -0.15) is 0 Å². The number of nitrogens with zero attached hydrogens (tertiary/aromatic N) is 1. The zero-order valence-electron chi connectivity index (χ0n) is 8.81. The van der Waals surface area contributed by atoms with Gasteiger partial charge in [0.1, 0.15) is 12.1 Å². The van der Waals surface area contributed by atoms with E-state index in [0.29, 0.717) is 0 Å². The van der Waals surface area contributed by atoms with Crippen LogP contribution in [0.1, 0.15) is 13.8 Å². The van der Waals surface area contributed by atoms with Gasteiger partial charge in [-0.05, 0) is 13.8 Å². The number of esters is 1. The molecular weight excluding hydrogens is 204 g/mol. The Kier molecular flexibility index (Phi) is 4.72. The summed E-state index contributed by atoms with van der Waals surface area (Å²) in [5, 5.41) is 11.2. The summed E-state index contributed by atoms with van der Waals surface area (Å²) in [4.78, 5) is 32.3. The number of hydroxylamine groups is 2. The van der Waals surface area contributed by atoms with Crippen molar-refractivity contribution in [1.82, 2.24) is 10.4 Å². The summed E-state index contributed by atoms with van der Waals surface area (Å²) in [6.07, 6.45) is 0.0880. The van der Waals surface area contributed by atoms with E-state index in [0.717, 1.165) is 0 Å². The van der Waals surface area contributed by atoms with Crippen molar-refractivity contribution >= 4 is 18.3 Å². The second-order valence-electron chi connectivity index (χ2n) is 3.37. The van der Waals surface area contributed by atoms with Crippen LogP contribution < -0.4 is 5.32 Å². The lowest BCUT2D eigenvalue weighted by Gasteiger charge is -2.23. The molecule has 86 valence electrons. The summed E-state index contributed by atoms with van der Waals surface area (Å²) in [7, 11) is 1.19. The number of rotatable bonds is 5. The van der Waals surface area contributed by atoms with E-state index in [-0.39, 0.29) is 11.5 Å². The van der Waals surface area contributed by atoms with E-state index in [9.17, 15) is 14.4 Å². The Morgan fingerprint density at radius 3 is 2.47 bits per heavy atom. The standard InChI is InChI=1S/C8H14N2O5/c1-8(2,7(13)15-3)9-6(12)4-10(14)5-11/h5,14H,4H2,1-3H3,(H,9,12). The average Bonchev–Trinajstić information content (AvgIpc) is 2.15. The minimum absolute atomic E-state index is 0.0880. The Hall–Kier alpha value is -1.63. The van der Waals surface area contributed by atoms with Crippen molar-refractivity contribution in [1.29, 1.82) is 0 Å². The van der Waals surface area contributed by atoms with Crippen molar-refractivity contribution in [2.45, 2.75) is 19.4 Å². The van der Waals surface area contributed by atoms with Crippen LogP contribution >= 0.6 is 0 Å². The summed E-state index contributed by atoms with van der Waals surface area (Å²) in [6, 6.07) is 0. The lowest BCUT2D eigenvalue weighted by atomic mass is 10.1. The highest BCUT2D eigenvalue weighted by atomic mass is 16.5. The highest BCUT2D eigenvalue weighted by molar-refractivity contribution is 5.88. The van der Waals surface area contributed by atoms with E-state index >= 15 is 0 Å². The Morgan fingerprint density at radius 2 is 2.07 bits per heavy atom. The molecule has 0 aromatic heterocycles. The van der Waals surface area contributed by atoms with E-state index in [1.165, 1.54) is 21.0 Å². The number of amides is 2. The largest absolute Gasteiger partial charge is 0.467 e. The van der Waals surface area contributed by atoms with E-state index in [1.54, 1.807) is 0 Å². The molecule has 0 heterocycles. The molecule has 0 spiro atoms. The first-order valence-electron chi connectivity index (χ1n) is 4.13. The van der Waals surface area contributed by atoms with Crippen LogP contribution in [0.15, 0.2) is 0 Å². The molecule has 0 saturated heterocycles. The van der Waals surface area contributed by atoms with Gasteiger partial charge in [0.2, 0.25) is 12.3 Å². The summed E-state index contributed by atoms with van der Waals surface area (Å²) >= 11 is 0. The first kappa shape index (κ1) is 13.4. The molecular formula is C8H14N2O5. The van der Waals surface area contributed by atoms with Crippen LogP contribution in [-0.2, 0) is 19.1 Å². The highest BCUT2D eigenvalue weighted by Crippen LogP contribution is 2.03. The molecule has 0 fully saturated rings. The van der Waals surface area contributed by atoms with Gasteiger partial charge >= 0.3 is 5.97 Å². The molecule has 0 atom stereocenters. The van der Waals surface area contributed by atoms with E-state index in [4.69, 9.17) is 5.21 Å². The number of hydrogen-bond donors (Lipinski definition) is 2. The van der Waals surface area contributed by atoms with Gasteiger partial charge < -0.3 is 10.1 Å². The summed E-state index contributed by atoms with van der Waals surface area (Å²) < 4.78 is 4.45. The minimum atomic E-state index is -1.20. The molecule has 0 radical (unpaired) electrons. The van der Waals surface area contributed by atoms with E-state index < -0.39 is 24.0 Å². The third kappa shape index (κ3) is 4.41. The van der Waals surface area contributed by atoms with Crippen molar-refractivity contribution in [2.24, 2.45) is 0 Å². The molecule has 0 aliphatic carbocycles. The smallest absolute Gasteiger partial charge is 0.330 e. The lowest BCUT2D eigenvalue weighted by Crippen LogP contribution is -2.52. The lowest BCUT2D eigenvalue weighted by molar-refractivity contribution is -0.158. The molecule has 0 unspecified atom stereocenters. The molecule has 0 saturated carbocycles. The van der Waals surface area contributed by atoms with E-state index in [1.807, 2.05) is 0 Å². The van der Waals surface area contributed by atoms with Crippen molar-refractivity contribution in [2.75, 3.05) is 13.7 Å². The maximum absolute atomic E-state index is 11.2. The second kappa shape index (κ2) is 5.30. The van der Waals surface area contributed by atoms with Gasteiger partial charge in [0.25, 0.3) is 0 Å². The highest BCUT2D eigenvalue weighted by Gasteiger charge is 2.30. The summed E-state index contributed by atoms with van der Waals surface area (Å²) in [5.74, 6) is -1.29. The van der Waals surface area contributed by atoms with Crippen LogP contribution in [0.25, 0.3) is 0 Å². The molecule has 0 rings (SSSR count). The number of methoxy groups -OCH3 is 1. The fourth-order valence-electron chi connectivity index (χ4n) is 0.879. The molecule has 15 heavy (non-hydrogen) atoms. The summed E-state index contributed by atoms with van der Waals surface area (Å²) in [6.45, 7) is 2.35. The predicted molar refractivity (Wildman–Crippen MR) is 48.8 cm³/mol. The monoisotopic (exact) mass is 218 g/mol. The Bertz CT molecular complexity index is 264. The molecule has 7 nitrogen and oxygen atoms in total. The molecule has 0 aromatic rings. The van der Waals surface area contributed by atoms with Crippen LogP contribution in [0.5, 0.6) is 0 Å². The van der Waals surface area contributed by atoms with Crippen LogP contribution in [0.2, 0.25) is 0 Å². The third-order valence-electron chi connectivity index (χ3n) is 1.57.